The highest BCUT2D eigenvalue weighted by atomic mass is 28.3. The average molecular weight is 233 g/mol. The van der Waals surface area contributed by atoms with Gasteiger partial charge in [0, 0.05) is 10.5 Å². The van der Waals surface area contributed by atoms with Crippen LogP contribution < -0.4 is 0 Å². The van der Waals surface area contributed by atoms with Crippen LogP contribution in [0.4, 0.5) is 0 Å². The molecule has 0 heterocycles. The van der Waals surface area contributed by atoms with Gasteiger partial charge < -0.3 is 0 Å². The van der Waals surface area contributed by atoms with E-state index in [4.69, 9.17) is 5.53 Å². The van der Waals surface area contributed by atoms with Crippen molar-refractivity contribution in [2.45, 2.75) is 25.3 Å². The highest BCUT2D eigenvalue weighted by molar-refractivity contribution is 6.81. The zero-order chi connectivity index (χ0) is 12.2. The van der Waals surface area contributed by atoms with Crippen molar-refractivity contribution in [1.29, 1.82) is 0 Å². The summed E-state index contributed by atoms with van der Waals surface area (Å²) >= 11 is 0. The number of nitrogens with zero attached hydrogens (tertiary/aromatic N) is 3. The lowest BCUT2D eigenvalue weighted by Crippen LogP contribution is -2.42. The molecule has 1 atom stereocenters. The lowest BCUT2D eigenvalue weighted by Gasteiger charge is -2.23. The molecule has 0 bridgehead atoms. The smallest absolute Gasteiger partial charge is 0.169 e. The summed E-state index contributed by atoms with van der Waals surface area (Å²) in [7, 11) is -1.82. The molecule has 0 aliphatic heterocycles. The standard InChI is InChI=1S/C11H15N3OSi/c1-16(2,3)11(13-14-12)10(15)9-7-5-4-6-8-9/h4-8,11H,1-3H3. The van der Waals surface area contributed by atoms with Gasteiger partial charge in [-0.3, -0.25) is 4.79 Å². The summed E-state index contributed by atoms with van der Waals surface area (Å²) in [5.74, 6) is -0.0717. The summed E-state index contributed by atoms with van der Waals surface area (Å²) in [6, 6.07) is 8.98. The highest BCUT2D eigenvalue weighted by Gasteiger charge is 2.32. The fraction of sp³-hybridized carbons (Fsp3) is 0.364. The molecule has 0 N–H and O–H groups in total. The Balaban J connectivity index is 3.07. The van der Waals surface area contributed by atoms with Crippen LogP contribution in [0.15, 0.2) is 35.4 Å². The van der Waals surface area contributed by atoms with Crippen LogP contribution >= 0.6 is 0 Å². The van der Waals surface area contributed by atoms with Gasteiger partial charge in [0.25, 0.3) is 0 Å². The molecular weight excluding hydrogens is 218 g/mol. The van der Waals surface area contributed by atoms with Crippen molar-refractivity contribution in [3.8, 4) is 0 Å². The number of Topliss-reactive ketones (excluding diaryl/α,β-unsaturated/α-hetero) is 1. The van der Waals surface area contributed by atoms with Gasteiger partial charge in [-0.1, -0.05) is 55.1 Å². The maximum Gasteiger partial charge on any atom is 0.169 e. The highest BCUT2D eigenvalue weighted by Crippen LogP contribution is 2.17. The van der Waals surface area contributed by atoms with E-state index in [1.54, 1.807) is 12.1 Å². The topological polar surface area (TPSA) is 65.8 Å². The molecule has 0 saturated heterocycles. The van der Waals surface area contributed by atoms with Crippen molar-refractivity contribution in [3.63, 3.8) is 0 Å². The molecule has 1 aromatic rings. The Morgan fingerprint density at radius 2 is 1.88 bits per heavy atom. The first kappa shape index (κ1) is 12.5. The quantitative estimate of drug-likeness (QED) is 0.258. The van der Waals surface area contributed by atoms with E-state index in [0.29, 0.717) is 5.56 Å². The van der Waals surface area contributed by atoms with Crippen molar-refractivity contribution in [2.75, 3.05) is 0 Å². The molecule has 4 nitrogen and oxygen atoms in total. The summed E-state index contributed by atoms with van der Waals surface area (Å²) in [4.78, 5) is 14.9. The van der Waals surface area contributed by atoms with Crippen LogP contribution in [-0.4, -0.2) is 19.5 Å². The summed E-state index contributed by atoms with van der Waals surface area (Å²) in [6.07, 6.45) is 0. The lowest BCUT2D eigenvalue weighted by atomic mass is 10.1. The van der Waals surface area contributed by atoms with Gasteiger partial charge in [0.05, 0.1) is 13.7 Å². The zero-order valence-electron chi connectivity index (χ0n) is 9.71. The third-order valence-corrected chi connectivity index (χ3v) is 4.31. The van der Waals surface area contributed by atoms with Gasteiger partial charge in [0.1, 0.15) is 0 Å². The number of carbonyl (C=O) groups excluding carboxylic acids is 1. The Morgan fingerprint density at radius 1 is 1.31 bits per heavy atom. The van der Waals surface area contributed by atoms with Crippen LogP contribution in [0.25, 0.3) is 10.4 Å². The number of azide groups is 1. The van der Waals surface area contributed by atoms with Crippen molar-refractivity contribution >= 4 is 13.9 Å². The predicted molar refractivity (Wildman–Crippen MR) is 67.1 cm³/mol. The van der Waals surface area contributed by atoms with E-state index < -0.39 is 13.7 Å². The molecule has 0 saturated carbocycles. The lowest BCUT2D eigenvalue weighted by molar-refractivity contribution is 0.0985. The fourth-order valence-electron chi connectivity index (χ4n) is 1.43. The molecular formula is C11H15N3OSi. The van der Waals surface area contributed by atoms with Crippen molar-refractivity contribution < 1.29 is 4.79 Å². The summed E-state index contributed by atoms with van der Waals surface area (Å²) in [6.45, 7) is 6.06. The second kappa shape index (κ2) is 4.96. The van der Waals surface area contributed by atoms with Crippen molar-refractivity contribution in [1.82, 2.24) is 0 Å². The van der Waals surface area contributed by atoms with Gasteiger partial charge >= 0.3 is 0 Å². The van der Waals surface area contributed by atoms with Crippen LogP contribution in [0.1, 0.15) is 10.4 Å². The minimum absolute atomic E-state index is 0.0717. The number of carbonyl (C=O) groups is 1. The minimum Gasteiger partial charge on any atom is -0.294 e. The predicted octanol–water partition coefficient (Wildman–Crippen LogP) is 3.43. The van der Waals surface area contributed by atoms with Crippen molar-refractivity contribution in [2.24, 2.45) is 5.11 Å². The van der Waals surface area contributed by atoms with Crippen LogP contribution in [0.2, 0.25) is 19.6 Å². The van der Waals surface area contributed by atoms with E-state index in [9.17, 15) is 4.79 Å². The fourth-order valence-corrected chi connectivity index (χ4v) is 2.78. The van der Waals surface area contributed by atoms with E-state index in [1.165, 1.54) is 0 Å². The molecule has 0 aliphatic carbocycles. The Hall–Kier alpha value is -1.58. The van der Waals surface area contributed by atoms with Crippen LogP contribution in [0.3, 0.4) is 0 Å². The third kappa shape index (κ3) is 2.95. The van der Waals surface area contributed by atoms with E-state index in [1.807, 2.05) is 37.8 Å². The summed E-state index contributed by atoms with van der Waals surface area (Å²) < 4.78 is 0. The molecule has 0 fully saturated rings. The Labute approximate surface area is 95.9 Å². The summed E-state index contributed by atoms with van der Waals surface area (Å²) in [5, 5.41) is 3.66. The normalized spacial score (nSPS) is 12.7. The minimum atomic E-state index is -1.82. The molecule has 1 aromatic carbocycles. The van der Waals surface area contributed by atoms with E-state index >= 15 is 0 Å². The third-order valence-electron chi connectivity index (χ3n) is 2.29. The van der Waals surface area contributed by atoms with Crippen molar-refractivity contribution in [3.05, 3.63) is 46.3 Å². The SMILES string of the molecule is C[Si](C)(C)C(N=[N+]=[N-])C(=O)c1ccccc1. The maximum atomic E-state index is 12.2. The molecule has 1 unspecified atom stereocenters. The second-order valence-corrected chi connectivity index (χ2v) is 9.98. The van der Waals surface area contributed by atoms with Gasteiger partial charge in [0.2, 0.25) is 0 Å². The monoisotopic (exact) mass is 233 g/mol. The molecule has 1 rings (SSSR count). The molecule has 0 aliphatic rings. The van der Waals surface area contributed by atoms with Gasteiger partial charge in [0.15, 0.2) is 5.78 Å². The maximum absolute atomic E-state index is 12.2. The second-order valence-electron chi connectivity index (χ2n) is 4.70. The molecule has 0 spiro atoms. The number of hydrogen-bond acceptors (Lipinski definition) is 2. The summed E-state index contributed by atoms with van der Waals surface area (Å²) in [5.41, 5.74) is 8.61. The molecule has 0 radical (unpaired) electrons. The first-order valence-electron chi connectivity index (χ1n) is 5.10. The molecule has 0 amide bonds. The number of rotatable bonds is 4. The Kier molecular flexibility index (Phi) is 3.87. The largest absolute Gasteiger partial charge is 0.294 e. The van der Waals surface area contributed by atoms with Gasteiger partial charge in [-0.2, -0.15) is 0 Å². The first-order valence-corrected chi connectivity index (χ1v) is 8.68. The molecule has 16 heavy (non-hydrogen) atoms. The van der Waals surface area contributed by atoms with Gasteiger partial charge in [-0.25, -0.2) is 0 Å². The van der Waals surface area contributed by atoms with Gasteiger partial charge in [-0.15, -0.1) is 0 Å². The molecule has 5 heteroatoms. The van der Waals surface area contributed by atoms with Gasteiger partial charge in [-0.05, 0) is 5.53 Å². The first-order chi connectivity index (χ1) is 7.46. The van der Waals surface area contributed by atoms with E-state index in [2.05, 4.69) is 10.0 Å². The number of ketones is 1. The van der Waals surface area contributed by atoms with Crippen LogP contribution in [-0.2, 0) is 0 Å². The molecule has 84 valence electrons. The van der Waals surface area contributed by atoms with E-state index in [0.717, 1.165) is 0 Å². The number of hydrogen-bond donors (Lipinski definition) is 0. The van der Waals surface area contributed by atoms with Crippen LogP contribution in [0.5, 0.6) is 0 Å². The van der Waals surface area contributed by atoms with Crippen LogP contribution in [0, 0.1) is 0 Å². The Bertz CT molecular complexity index is 419. The van der Waals surface area contributed by atoms with E-state index in [-0.39, 0.29) is 5.78 Å². The number of benzene rings is 1. The average Bonchev–Trinajstić information content (AvgIpc) is 2.25. The zero-order valence-corrected chi connectivity index (χ0v) is 10.7. The molecule has 0 aromatic heterocycles. The Morgan fingerprint density at radius 3 is 2.31 bits per heavy atom.